The molecule has 0 heterocycles. The maximum Gasteiger partial charge on any atom is 0.191 e. The highest BCUT2D eigenvalue weighted by molar-refractivity contribution is 6.02. The minimum Gasteiger partial charge on any atom is -0.505 e. The highest BCUT2D eigenvalue weighted by Gasteiger charge is 2.34. The minimum atomic E-state index is -0.519. The molecule has 72 valence electrons. The van der Waals surface area contributed by atoms with Crippen LogP contribution in [0.2, 0.25) is 0 Å². The second-order valence-corrected chi connectivity index (χ2v) is 3.85. The normalized spacial score (nSPS) is 21.5. The molecular weight excluding hydrogens is 166 g/mol. The van der Waals surface area contributed by atoms with E-state index in [0.29, 0.717) is 5.70 Å². The van der Waals surface area contributed by atoms with Crippen LogP contribution in [0, 0.1) is 5.41 Å². The van der Waals surface area contributed by atoms with E-state index in [1.165, 1.54) is 0 Å². The quantitative estimate of drug-likeness (QED) is 0.645. The number of hydrogen-bond donors (Lipinski definition) is 2. The first-order chi connectivity index (χ1) is 5.90. The molecule has 0 radical (unpaired) electrons. The molecule has 0 aromatic heterocycles. The zero-order valence-electron chi connectivity index (χ0n) is 8.43. The largest absolute Gasteiger partial charge is 0.505 e. The van der Waals surface area contributed by atoms with Gasteiger partial charge in [-0.2, -0.15) is 0 Å². The Kier molecular flexibility index (Phi) is 2.20. The van der Waals surface area contributed by atoms with Gasteiger partial charge >= 0.3 is 0 Å². The summed E-state index contributed by atoms with van der Waals surface area (Å²) in [5.41, 5.74) is 0.535. The van der Waals surface area contributed by atoms with Gasteiger partial charge in [-0.05, 0) is 26.3 Å². The molecule has 3 nitrogen and oxygen atoms in total. The number of aliphatic hydroxyl groups is 1. The maximum absolute atomic E-state index is 11.7. The zero-order valence-corrected chi connectivity index (χ0v) is 8.43. The molecule has 0 bridgehead atoms. The van der Waals surface area contributed by atoms with E-state index in [4.69, 9.17) is 0 Å². The first-order valence-electron chi connectivity index (χ1n) is 4.26. The molecule has 0 spiro atoms. The van der Waals surface area contributed by atoms with Gasteiger partial charge in [0.1, 0.15) is 11.5 Å². The minimum absolute atomic E-state index is 0.0619. The molecule has 0 atom stereocenters. The number of ketones is 1. The lowest BCUT2D eigenvalue weighted by molar-refractivity contribution is -0.122. The van der Waals surface area contributed by atoms with Crippen molar-refractivity contribution in [1.29, 1.82) is 0 Å². The van der Waals surface area contributed by atoms with Crippen LogP contribution in [0.5, 0.6) is 0 Å². The van der Waals surface area contributed by atoms with Crippen molar-refractivity contribution >= 4 is 5.78 Å². The van der Waals surface area contributed by atoms with Gasteiger partial charge < -0.3 is 10.4 Å². The molecule has 0 aromatic rings. The molecule has 0 aliphatic heterocycles. The number of carbonyl (C=O) groups excluding carboxylic acids is 1. The average Bonchev–Trinajstić information content (AvgIpc) is 2.02. The van der Waals surface area contributed by atoms with E-state index < -0.39 is 5.41 Å². The molecule has 1 aliphatic carbocycles. The van der Waals surface area contributed by atoms with E-state index in [0.717, 1.165) is 5.57 Å². The summed E-state index contributed by atoms with van der Waals surface area (Å²) in [5, 5.41) is 12.3. The van der Waals surface area contributed by atoms with Crippen LogP contribution in [0.3, 0.4) is 0 Å². The summed E-state index contributed by atoms with van der Waals surface area (Å²) in [6.07, 6.45) is 1.78. The van der Waals surface area contributed by atoms with E-state index >= 15 is 0 Å². The smallest absolute Gasteiger partial charge is 0.191 e. The summed E-state index contributed by atoms with van der Waals surface area (Å²) in [7, 11) is 1.64. The Morgan fingerprint density at radius 3 is 2.46 bits per heavy atom. The van der Waals surface area contributed by atoms with E-state index in [-0.39, 0.29) is 11.5 Å². The van der Waals surface area contributed by atoms with Gasteiger partial charge in [-0.15, -0.1) is 0 Å². The molecule has 2 N–H and O–H groups in total. The van der Waals surface area contributed by atoms with Crippen LogP contribution in [0.15, 0.2) is 23.1 Å². The van der Waals surface area contributed by atoms with Crippen LogP contribution in [-0.2, 0) is 4.79 Å². The van der Waals surface area contributed by atoms with Crippen molar-refractivity contribution in [1.82, 2.24) is 5.32 Å². The van der Waals surface area contributed by atoms with Crippen LogP contribution in [-0.4, -0.2) is 17.9 Å². The van der Waals surface area contributed by atoms with Gasteiger partial charge in [0.2, 0.25) is 0 Å². The highest BCUT2D eigenvalue weighted by Crippen LogP contribution is 2.31. The maximum atomic E-state index is 11.7. The first-order valence-corrected chi connectivity index (χ1v) is 4.26. The Balaban J connectivity index is 3.25. The fourth-order valence-corrected chi connectivity index (χ4v) is 1.53. The van der Waals surface area contributed by atoms with Gasteiger partial charge in [0.05, 0.1) is 0 Å². The van der Waals surface area contributed by atoms with Crippen molar-refractivity contribution < 1.29 is 9.90 Å². The average molecular weight is 181 g/mol. The fraction of sp³-hybridized carbons (Fsp3) is 0.500. The van der Waals surface area contributed by atoms with Gasteiger partial charge in [-0.25, -0.2) is 0 Å². The van der Waals surface area contributed by atoms with Gasteiger partial charge in [-0.3, -0.25) is 4.79 Å². The van der Waals surface area contributed by atoms with Crippen molar-refractivity contribution in [2.75, 3.05) is 7.05 Å². The Morgan fingerprint density at radius 1 is 1.46 bits per heavy atom. The van der Waals surface area contributed by atoms with Crippen molar-refractivity contribution in [2.45, 2.75) is 20.8 Å². The molecule has 3 heteroatoms. The summed E-state index contributed by atoms with van der Waals surface area (Å²) >= 11 is 0. The lowest BCUT2D eigenvalue weighted by Gasteiger charge is -2.26. The molecule has 1 aliphatic rings. The number of carbonyl (C=O) groups is 1. The Morgan fingerprint density at radius 2 is 2.00 bits per heavy atom. The van der Waals surface area contributed by atoms with Crippen molar-refractivity contribution in [2.24, 2.45) is 5.41 Å². The topological polar surface area (TPSA) is 49.3 Å². The predicted octanol–water partition coefficient (Wildman–Crippen LogP) is 1.53. The highest BCUT2D eigenvalue weighted by atomic mass is 16.3. The standard InChI is InChI=1S/C10H15NO2/c1-6-5-10(2,3)9(13)7(11-4)8(6)12/h5,11-12H,1-4H3. The third kappa shape index (κ3) is 1.46. The SMILES string of the molecule is CNC1=C(O)C(C)=CC(C)(C)C1=O. The molecule has 0 unspecified atom stereocenters. The summed E-state index contributed by atoms with van der Waals surface area (Å²) in [6, 6.07) is 0. The number of aliphatic hydroxyl groups excluding tert-OH is 1. The van der Waals surface area contributed by atoms with Crippen LogP contribution in [0.25, 0.3) is 0 Å². The van der Waals surface area contributed by atoms with Gasteiger partial charge in [-0.1, -0.05) is 6.08 Å². The molecular formula is C10H15NO2. The van der Waals surface area contributed by atoms with Gasteiger partial charge in [0, 0.05) is 12.5 Å². The lowest BCUT2D eigenvalue weighted by atomic mass is 9.80. The number of Topliss-reactive ketones (excluding diaryl/α,β-unsaturated/α-hetero) is 1. The lowest BCUT2D eigenvalue weighted by Crippen LogP contribution is -2.33. The summed E-state index contributed by atoms with van der Waals surface area (Å²) < 4.78 is 0. The molecule has 0 amide bonds. The fourth-order valence-electron chi connectivity index (χ4n) is 1.53. The monoisotopic (exact) mass is 181 g/mol. The van der Waals surface area contributed by atoms with Crippen molar-refractivity contribution in [3.05, 3.63) is 23.1 Å². The molecule has 0 aromatic carbocycles. The van der Waals surface area contributed by atoms with E-state index in [2.05, 4.69) is 5.32 Å². The summed E-state index contributed by atoms with van der Waals surface area (Å²) in [5.74, 6) is -0.00933. The van der Waals surface area contributed by atoms with Crippen LogP contribution >= 0.6 is 0 Å². The zero-order chi connectivity index (χ0) is 10.2. The van der Waals surface area contributed by atoms with E-state index in [9.17, 15) is 9.90 Å². The molecule has 0 saturated carbocycles. The van der Waals surface area contributed by atoms with Crippen molar-refractivity contribution in [3.8, 4) is 0 Å². The third-order valence-electron chi connectivity index (χ3n) is 2.25. The number of likely N-dealkylation sites (N-methyl/N-ethyl adjacent to an activating group) is 1. The molecule has 13 heavy (non-hydrogen) atoms. The van der Waals surface area contributed by atoms with Crippen LogP contribution in [0.4, 0.5) is 0 Å². The second-order valence-electron chi connectivity index (χ2n) is 3.85. The number of hydrogen-bond acceptors (Lipinski definition) is 3. The van der Waals surface area contributed by atoms with Gasteiger partial charge in [0.25, 0.3) is 0 Å². The number of rotatable bonds is 1. The summed E-state index contributed by atoms with van der Waals surface area (Å²) in [4.78, 5) is 11.7. The van der Waals surface area contributed by atoms with Crippen molar-refractivity contribution in [3.63, 3.8) is 0 Å². The van der Waals surface area contributed by atoms with Crippen LogP contribution in [0.1, 0.15) is 20.8 Å². The van der Waals surface area contributed by atoms with Crippen LogP contribution < -0.4 is 5.32 Å². The predicted molar refractivity (Wildman–Crippen MR) is 51.3 cm³/mol. The molecule has 0 fully saturated rings. The second kappa shape index (κ2) is 2.91. The van der Waals surface area contributed by atoms with Gasteiger partial charge in [0.15, 0.2) is 5.78 Å². The van der Waals surface area contributed by atoms with E-state index in [1.807, 2.05) is 13.8 Å². The molecule has 0 saturated heterocycles. The number of allylic oxidation sites excluding steroid dienone is 3. The Bertz CT molecular complexity index is 311. The Hall–Kier alpha value is -1.25. The number of nitrogens with one attached hydrogen (secondary N) is 1. The summed E-state index contributed by atoms with van der Waals surface area (Å²) in [6.45, 7) is 5.46. The first kappa shape index (κ1) is 9.84. The van der Waals surface area contributed by atoms with E-state index in [1.54, 1.807) is 20.0 Å². The Labute approximate surface area is 78.1 Å². The third-order valence-corrected chi connectivity index (χ3v) is 2.25. The molecule has 1 rings (SSSR count).